The summed E-state index contributed by atoms with van der Waals surface area (Å²) >= 11 is 0. The zero-order chi connectivity index (χ0) is 20.6. The van der Waals surface area contributed by atoms with Crippen molar-refractivity contribution in [2.45, 2.75) is 38.0 Å². The minimum atomic E-state index is -0.473. The summed E-state index contributed by atoms with van der Waals surface area (Å²) < 4.78 is 14.2. The molecule has 1 N–H and O–H groups in total. The van der Waals surface area contributed by atoms with E-state index in [2.05, 4.69) is 24.7 Å². The molecule has 2 fully saturated rings. The molecular formula is C22H29N5O3. The zero-order valence-corrected chi connectivity index (χ0v) is 17.5. The van der Waals surface area contributed by atoms with E-state index in [1.165, 1.54) is 0 Å². The van der Waals surface area contributed by atoms with E-state index in [9.17, 15) is 4.79 Å². The fourth-order valence-corrected chi connectivity index (χ4v) is 4.55. The van der Waals surface area contributed by atoms with Gasteiger partial charge in [-0.15, -0.1) is 0 Å². The van der Waals surface area contributed by atoms with Gasteiger partial charge in [0.25, 0.3) is 5.79 Å². The molecule has 1 spiro atoms. The molecule has 2 aliphatic heterocycles. The van der Waals surface area contributed by atoms with Gasteiger partial charge in [-0.3, -0.25) is 14.6 Å². The van der Waals surface area contributed by atoms with Crippen molar-refractivity contribution in [3.05, 3.63) is 36.4 Å². The van der Waals surface area contributed by atoms with E-state index >= 15 is 0 Å². The Morgan fingerprint density at radius 3 is 2.57 bits per heavy atom. The molecule has 2 aromatic rings. The first-order valence-corrected chi connectivity index (χ1v) is 10.8. The Kier molecular flexibility index (Phi) is 5.12. The number of piperazine rings is 1. The Morgan fingerprint density at radius 2 is 1.83 bits per heavy atom. The molecule has 8 heteroatoms. The Balaban J connectivity index is 1.10. The van der Waals surface area contributed by atoms with E-state index in [4.69, 9.17) is 9.47 Å². The topological polar surface area (TPSA) is 71.9 Å². The minimum absolute atomic E-state index is 0.00185. The fourth-order valence-electron chi connectivity index (χ4n) is 4.55. The molecule has 0 atom stereocenters. The maximum absolute atomic E-state index is 12.6. The molecule has 1 saturated carbocycles. The number of aryl methyl sites for hydroxylation is 1. The number of carbonyl (C=O) groups excluding carboxylic acids is 1. The van der Waals surface area contributed by atoms with E-state index in [0.717, 1.165) is 81.4 Å². The first kappa shape index (κ1) is 19.4. The van der Waals surface area contributed by atoms with Crippen molar-refractivity contribution in [1.29, 1.82) is 0 Å². The summed E-state index contributed by atoms with van der Waals surface area (Å²) in [7, 11) is 2.02. The van der Waals surface area contributed by atoms with Crippen LogP contribution in [0.2, 0.25) is 0 Å². The molecule has 0 unspecified atom stereocenters. The van der Waals surface area contributed by atoms with Crippen molar-refractivity contribution in [2.24, 2.45) is 7.05 Å². The average molecular weight is 412 g/mol. The molecule has 8 nitrogen and oxygen atoms in total. The highest BCUT2D eigenvalue weighted by Gasteiger charge is 2.44. The summed E-state index contributed by atoms with van der Waals surface area (Å²) in [5.41, 5.74) is 0.755. The third kappa shape index (κ3) is 4.02. The lowest BCUT2D eigenvalue weighted by Gasteiger charge is -2.34. The van der Waals surface area contributed by atoms with E-state index < -0.39 is 5.79 Å². The number of carbonyl (C=O) groups is 1. The number of fused-ring (bicyclic) bond motifs is 1. The minimum Gasteiger partial charge on any atom is -0.448 e. The van der Waals surface area contributed by atoms with E-state index in [-0.39, 0.29) is 5.91 Å². The number of aromatic nitrogens is 2. The van der Waals surface area contributed by atoms with Gasteiger partial charge in [-0.05, 0) is 25.0 Å². The molecule has 5 rings (SSSR count). The third-order valence-corrected chi connectivity index (χ3v) is 6.30. The van der Waals surface area contributed by atoms with Gasteiger partial charge in [-0.1, -0.05) is 0 Å². The Morgan fingerprint density at radius 1 is 1.10 bits per heavy atom. The van der Waals surface area contributed by atoms with Crippen molar-refractivity contribution in [1.82, 2.24) is 19.4 Å². The number of imidazole rings is 1. The summed E-state index contributed by atoms with van der Waals surface area (Å²) in [6.07, 6.45) is 7.92. The summed E-state index contributed by atoms with van der Waals surface area (Å²) in [6, 6.07) is 5.67. The van der Waals surface area contributed by atoms with Crippen LogP contribution < -0.4 is 14.8 Å². The highest BCUT2D eigenvalue weighted by atomic mass is 16.7. The van der Waals surface area contributed by atoms with Crippen LogP contribution in [0.15, 0.2) is 30.6 Å². The number of amides is 1. The summed E-state index contributed by atoms with van der Waals surface area (Å²) in [5, 5.41) is 3.01. The smallest absolute Gasteiger partial charge is 0.251 e. The van der Waals surface area contributed by atoms with Crippen molar-refractivity contribution in [2.75, 3.05) is 38.0 Å². The second-order valence-corrected chi connectivity index (χ2v) is 8.54. The van der Waals surface area contributed by atoms with Gasteiger partial charge < -0.3 is 19.4 Å². The number of nitrogens with zero attached hydrogens (tertiary/aromatic N) is 4. The Bertz CT molecular complexity index is 913. The van der Waals surface area contributed by atoms with Crippen LogP contribution in [0.25, 0.3) is 0 Å². The van der Waals surface area contributed by atoms with Crippen LogP contribution in [0.5, 0.6) is 11.5 Å². The first-order valence-electron chi connectivity index (χ1n) is 10.8. The molecule has 0 bridgehead atoms. The number of hydrogen-bond donors (Lipinski definition) is 1. The maximum atomic E-state index is 12.6. The summed E-state index contributed by atoms with van der Waals surface area (Å²) in [4.78, 5) is 21.5. The lowest BCUT2D eigenvalue weighted by Crippen LogP contribution is -2.48. The highest BCUT2D eigenvalue weighted by Crippen LogP contribution is 2.47. The van der Waals surface area contributed by atoms with Gasteiger partial charge >= 0.3 is 0 Å². The lowest BCUT2D eigenvalue weighted by molar-refractivity contribution is -0.117. The highest BCUT2D eigenvalue weighted by molar-refractivity contribution is 5.92. The number of ether oxygens (including phenoxy) is 2. The second kappa shape index (κ2) is 7.92. The third-order valence-electron chi connectivity index (χ3n) is 6.30. The molecule has 1 aromatic carbocycles. The van der Waals surface area contributed by atoms with Gasteiger partial charge in [0.1, 0.15) is 5.82 Å². The van der Waals surface area contributed by atoms with Gasteiger partial charge in [-0.2, -0.15) is 0 Å². The normalized spacial score (nSPS) is 20.7. The lowest BCUT2D eigenvalue weighted by atomic mass is 10.2. The van der Waals surface area contributed by atoms with Gasteiger partial charge in [-0.25, -0.2) is 4.98 Å². The molecule has 1 aromatic heterocycles. The van der Waals surface area contributed by atoms with E-state index in [0.29, 0.717) is 6.54 Å². The summed E-state index contributed by atoms with van der Waals surface area (Å²) in [6.45, 7) is 4.87. The standard InChI is InChI=1S/C22H29N5O3/c1-25-9-8-23-20(25)15-26-10-12-27(13-11-26)16-21(28)24-17-4-5-18-19(14-17)30-22(29-18)6-2-3-7-22/h4-5,8-9,14H,2-3,6-7,10-13,15-16H2,1H3,(H,24,28). The molecule has 1 aliphatic carbocycles. The van der Waals surface area contributed by atoms with Crippen molar-refractivity contribution in [3.63, 3.8) is 0 Å². The number of nitrogens with one attached hydrogen (secondary N) is 1. The molecule has 3 heterocycles. The zero-order valence-electron chi connectivity index (χ0n) is 17.5. The number of benzene rings is 1. The van der Waals surface area contributed by atoms with E-state index in [1.807, 2.05) is 37.6 Å². The largest absolute Gasteiger partial charge is 0.448 e. The van der Waals surface area contributed by atoms with Crippen LogP contribution in [0.3, 0.4) is 0 Å². The average Bonchev–Trinajstić information content (AvgIpc) is 3.44. The SMILES string of the molecule is Cn1ccnc1CN1CCN(CC(=O)Nc2ccc3c(c2)OC2(CCCC2)O3)CC1. The quantitative estimate of drug-likeness (QED) is 0.814. The van der Waals surface area contributed by atoms with Crippen molar-refractivity contribution < 1.29 is 14.3 Å². The van der Waals surface area contributed by atoms with Crippen LogP contribution in [-0.4, -0.2) is 63.8 Å². The molecule has 3 aliphatic rings. The molecule has 30 heavy (non-hydrogen) atoms. The van der Waals surface area contributed by atoms with Crippen LogP contribution in [-0.2, 0) is 18.4 Å². The molecule has 0 radical (unpaired) electrons. The summed E-state index contributed by atoms with van der Waals surface area (Å²) in [5.74, 6) is 2.11. The fraction of sp³-hybridized carbons (Fsp3) is 0.545. The van der Waals surface area contributed by atoms with Gasteiger partial charge in [0.05, 0.1) is 13.1 Å². The number of anilines is 1. The predicted molar refractivity (Wildman–Crippen MR) is 112 cm³/mol. The molecular weight excluding hydrogens is 382 g/mol. The molecule has 160 valence electrons. The second-order valence-electron chi connectivity index (χ2n) is 8.54. The first-order chi connectivity index (χ1) is 14.6. The van der Waals surface area contributed by atoms with E-state index in [1.54, 1.807) is 0 Å². The van der Waals surface area contributed by atoms with Gasteiger partial charge in [0.2, 0.25) is 5.91 Å². The van der Waals surface area contributed by atoms with Crippen LogP contribution in [0.4, 0.5) is 5.69 Å². The molecule has 1 amide bonds. The number of hydrogen-bond acceptors (Lipinski definition) is 6. The van der Waals surface area contributed by atoms with Crippen LogP contribution >= 0.6 is 0 Å². The van der Waals surface area contributed by atoms with Crippen LogP contribution in [0.1, 0.15) is 31.5 Å². The maximum Gasteiger partial charge on any atom is 0.251 e. The van der Waals surface area contributed by atoms with Crippen LogP contribution in [0, 0.1) is 0 Å². The Hall–Kier alpha value is -2.58. The van der Waals surface area contributed by atoms with Crippen molar-refractivity contribution >= 4 is 11.6 Å². The number of rotatable bonds is 5. The predicted octanol–water partition coefficient (Wildman–Crippen LogP) is 2.22. The molecule has 1 saturated heterocycles. The van der Waals surface area contributed by atoms with Crippen molar-refractivity contribution in [3.8, 4) is 11.5 Å². The van der Waals surface area contributed by atoms with Gasteiger partial charge in [0, 0.05) is 70.2 Å². The monoisotopic (exact) mass is 411 g/mol. The van der Waals surface area contributed by atoms with Gasteiger partial charge in [0.15, 0.2) is 11.5 Å². The Labute approximate surface area is 176 Å².